The first-order valence-corrected chi connectivity index (χ1v) is 7.86. The molecule has 0 unspecified atom stereocenters. The van der Waals surface area contributed by atoms with Crippen LogP contribution < -0.4 is 10.1 Å². The fourth-order valence-corrected chi connectivity index (χ4v) is 2.72. The molecular weight excluding hydrogens is 303 g/mol. The summed E-state index contributed by atoms with van der Waals surface area (Å²) in [5, 5.41) is 3.70. The van der Waals surface area contributed by atoms with Gasteiger partial charge in [-0.1, -0.05) is 23.7 Å². The first-order chi connectivity index (χ1) is 10.7. The maximum Gasteiger partial charge on any atom is 0.213 e. The molecule has 1 N–H and O–H groups in total. The van der Waals surface area contributed by atoms with Gasteiger partial charge in [0.25, 0.3) is 0 Å². The van der Waals surface area contributed by atoms with Crippen molar-refractivity contribution in [3.05, 3.63) is 58.5 Å². The molecule has 0 atom stereocenters. The maximum atomic E-state index is 13.9. The van der Waals surface area contributed by atoms with Crippen molar-refractivity contribution < 1.29 is 9.13 Å². The lowest BCUT2D eigenvalue weighted by Gasteiger charge is -2.23. The van der Waals surface area contributed by atoms with E-state index in [1.54, 1.807) is 12.1 Å². The summed E-state index contributed by atoms with van der Waals surface area (Å²) >= 11 is 5.77. The topological polar surface area (TPSA) is 34.1 Å². The van der Waals surface area contributed by atoms with E-state index < -0.39 is 0 Å². The number of ether oxygens (including phenoxy) is 1. The molecule has 1 fully saturated rings. The van der Waals surface area contributed by atoms with Gasteiger partial charge in [-0.2, -0.15) is 0 Å². The molecule has 1 aliphatic rings. The molecular formula is C17H18ClFN2O. The first kappa shape index (κ1) is 15.3. The van der Waals surface area contributed by atoms with E-state index in [0.29, 0.717) is 22.9 Å². The Morgan fingerprint density at radius 1 is 1.23 bits per heavy atom. The van der Waals surface area contributed by atoms with Gasteiger partial charge in [-0.3, -0.25) is 0 Å². The van der Waals surface area contributed by atoms with Crippen LogP contribution in [0.15, 0.2) is 36.4 Å². The van der Waals surface area contributed by atoms with Crippen molar-refractivity contribution in [3.8, 4) is 5.88 Å². The quantitative estimate of drug-likeness (QED) is 0.934. The summed E-state index contributed by atoms with van der Waals surface area (Å²) < 4.78 is 19.8. The number of nitrogens with zero attached hydrogens (tertiary/aromatic N) is 1. The van der Waals surface area contributed by atoms with Crippen LogP contribution in [0.1, 0.15) is 24.1 Å². The molecule has 1 aromatic carbocycles. The number of benzene rings is 1. The standard InChI is InChI=1S/C17H18ClFN2O/c18-13-5-4-12(16(19)11-13)10-14-2-1-3-17(21-14)22-15-6-8-20-9-7-15/h1-5,11,15,20H,6-10H2. The predicted octanol–water partition coefficient (Wildman–Crippen LogP) is 3.60. The van der Waals surface area contributed by atoms with Crippen LogP contribution in [-0.4, -0.2) is 24.2 Å². The Bertz CT molecular complexity index is 644. The average Bonchev–Trinajstić information content (AvgIpc) is 2.52. The SMILES string of the molecule is Fc1cc(Cl)ccc1Cc1cccc(OC2CCNCC2)n1. The fraction of sp³-hybridized carbons (Fsp3) is 0.353. The Labute approximate surface area is 134 Å². The van der Waals surface area contributed by atoms with Gasteiger partial charge in [0.2, 0.25) is 5.88 Å². The van der Waals surface area contributed by atoms with Gasteiger partial charge in [0, 0.05) is 23.2 Å². The van der Waals surface area contributed by atoms with Crippen LogP contribution in [0.2, 0.25) is 5.02 Å². The molecule has 1 saturated heterocycles. The van der Waals surface area contributed by atoms with Crippen molar-refractivity contribution in [1.29, 1.82) is 0 Å². The summed E-state index contributed by atoms with van der Waals surface area (Å²) in [6.45, 7) is 1.95. The number of pyridine rings is 1. The molecule has 0 aliphatic carbocycles. The third kappa shape index (κ3) is 3.96. The molecule has 0 spiro atoms. The number of hydrogen-bond donors (Lipinski definition) is 1. The van der Waals surface area contributed by atoms with Crippen molar-refractivity contribution >= 4 is 11.6 Å². The summed E-state index contributed by atoms with van der Waals surface area (Å²) in [7, 11) is 0. The molecule has 5 heteroatoms. The molecule has 2 aromatic rings. The highest BCUT2D eigenvalue weighted by atomic mass is 35.5. The second-order valence-corrected chi connectivity index (χ2v) is 5.88. The lowest BCUT2D eigenvalue weighted by molar-refractivity contribution is 0.155. The van der Waals surface area contributed by atoms with Crippen LogP contribution in [0.5, 0.6) is 5.88 Å². The van der Waals surface area contributed by atoms with Crippen molar-refractivity contribution in [2.75, 3.05) is 13.1 Å². The molecule has 116 valence electrons. The van der Waals surface area contributed by atoms with Crippen LogP contribution in [0.4, 0.5) is 4.39 Å². The van der Waals surface area contributed by atoms with E-state index in [1.165, 1.54) is 6.07 Å². The minimum Gasteiger partial charge on any atom is -0.474 e. The third-order valence-electron chi connectivity index (χ3n) is 3.74. The lowest BCUT2D eigenvalue weighted by atomic mass is 10.1. The van der Waals surface area contributed by atoms with E-state index in [9.17, 15) is 4.39 Å². The van der Waals surface area contributed by atoms with Crippen LogP contribution in [0.25, 0.3) is 0 Å². The number of hydrogen-bond acceptors (Lipinski definition) is 3. The monoisotopic (exact) mass is 320 g/mol. The van der Waals surface area contributed by atoms with E-state index in [0.717, 1.165) is 31.6 Å². The summed E-state index contributed by atoms with van der Waals surface area (Å²) in [4.78, 5) is 4.48. The number of rotatable bonds is 4. The maximum absolute atomic E-state index is 13.9. The highest BCUT2D eigenvalue weighted by molar-refractivity contribution is 6.30. The van der Waals surface area contributed by atoms with Gasteiger partial charge in [0.1, 0.15) is 11.9 Å². The Balaban J connectivity index is 1.70. The number of nitrogens with one attached hydrogen (secondary N) is 1. The first-order valence-electron chi connectivity index (χ1n) is 7.48. The zero-order chi connectivity index (χ0) is 15.4. The van der Waals surface area contributed by atoms with E-state index >= 15 is 0 Å². The highest BCUT2D eigenvalue weighted by Crippen LogP contribution is 2.19. The van der Waals surface area contributed by atoms with Gasteiger partial charge < -0.3 is 10.1 Å². The van der Waals surface area contributed by atoms with Crippen LogP contribution in [0.3, 0.4) is 0 Å². The molecule has 0 radical (unpaired) electrons. The van der Waals surface area contributed by atoms with Gasteiger partial charge in [-0.15, -0.1) is 0 Å². The summed E-state index contributed by atoms with van der Waals surface area (Å²) in [6.07, 6.45) is 2.60. The smallest absolute Gasteiger partial charge is 0.213 e. The van der Waals surface area contributed by atoms with Gasteiger partial charge in [0.05, 0.1) is 0 Å². The zero-order valence-corrected chi connectivity index (χ0v) is 12.9. The van der Waals surface area contributed by atoms with Crippen LogP contribution >= 0.6 is 11.6 Å². The van der Waals surface area contributed by atoms with Crippen molar-refractivity contribution in [3.63, 3.8) is 0 Å². The Hall–Kier alpha value is -1.65. The number of aromatic nitrogens is 1. The van der Waals surface area contributed by atoms with E-state index in [-0.39, 0.29) is 11.9 Å². The van der Waals surface area contributed by atoms with E-state index in [4.69, 9.17) is 16.3 Å². The predicted molar refractivity (Wildman–Crippen MR) is 85.0 cm³/mol. The van der Waals surface area contributed by atoms with Crippen molar-refractivity contribution in [2.24, 2.45) is 0 Å². The molecule has 0 amide bonds. The second-order valence-electron chi connectivity index (χ2n) is 5.45. The minimum atomic E-state index is -0.307. The number of piperidine rings is 1. The summed E-state index contributed by atoms with van der Waals surface area (Å²) in [5.41, 5.74) is 1.36. The minimum absolute atomic E-state index is 0.205. The van der Waals surface area contributed by atoms with Gasteiger partial charge in [-0.05, 0) is 49.7 Å². The molecule has 2 heterocycles. The summed E-state index contributed by atoms with van der Waals surface area (Å²) in [6, 6.07) is 10.3. The highest BCUT2D eigenvalue weighted by Gasteiger charge is 2.15. The third-order valence-corrected chi connectivity index (χ3v) is 3.98. The average molecular weight is 321 g/mol. The Kier molecular flexibility index (Phi) is 4.90. The zero-order valence-electron chi connectivity index (χ0n) is 12.2. The van der Waals surface area contributed by atoms with E-state index in [1.807, 2.05) is 18.2 Å². The van der Waals surface area contributed by atoms with Crippen molar-refractivity contribution in [2.45, 2.75) is 25.4 Å². The van der Waals surface area contributed by atoms with Gasteiger partial charge in [-0.25, -0.2) is 9.37 Å². The fourth-order valence-electron chi connectivity index (χ4n) is 2.57. The van der Waals surface area contributed by atoms with Crippen molar-refractivity contribution in [1.82, 2.24) is 10.3 Å². The molecule has 1 aromatic heterocycles. The lowest BCUT2D eigenvalue weighted by Crippen LogP contribution is -2.34. The number of halogens is 2. The summed E-state index contributed by atoms with van der Waals surface area (Å²) in [5.74, 6) is 0.303. The molecule has 3 nitrogen and oxygen atoms in total. The van der Waals surface area contributed by atoms with Crippen LogP contribution in [-0.2, 0) is 6.42 Å². The van der Waals surface area contributed by atoms with Crippen LogP contribution in [0, 0.1) is 5.82 Å². The van der Waals surface area contributed by atoms with E-state index in [2.05, 4.69) is 10.3 Å². The molecule has 22 heavy (non-hydrogen) atoms. The Morgan fingerprint density at radius 2 is 2.05 bits per heavy atom. The molecule has 3 rings (SSSR count). The molecule has 1 aliphatic heterocycles. The van der Waals surface area contributed by atoms with Gasteiger partial charge >= 0.3 is 0 Å². The largest absolute Gasteiger partial charge is 0.474 e. The molecule has 0 bridgehead atoms. The van der Waals surface area contributed by atoms with Gasteiger partial charge in [0.15, 0.2) is 0 Å². The normalized spacial score (nSPS) is 15.7. The second kappa shape index (κ2) is 7.07. The Morgan fingerprint density at radius 3 is 2.82 bits per heavy atom. The molecule has 0 saturated carbocycles.